The largest absolute Gasteiger partial charge is 0.375 e. The summed E-state index contributed by atoms with van der Waals surface area (Å²) in [6.07, 6.45) is 3.48. The molecule has 80 valence electrons. The van der Waals surface area contributed by atoms with Crippen LogP contribution < -0.4 is 0 Å². The highest BCUT2D eigenvalue weighted by Gasteiger charge is 2.40. The highest BCUT2D eigenvalue weighted by Crippen LogP contribution is 2.33. The van der Waals surface area contributed by atoms with E-state index in [1.54, 1.807) is 6.08 Å². The minimum atomic E-state index is 0.0808. The molecule has 0 amide bonds. The minimum absolute atomic E-state index is 0.0808. The minimum Gasteiger partial charge on any atom is -0.375 e. The fourth-order valence-electron chi connectivity index (χ4n) is 2.23. The van der Waals surface area contributed by atoms with Crippen molar-refractivity contribution in [2.75, 3.05) is 0 Å². The van der Waals surface area contributed by atoms with Crippen molar-refractivity contribution in [3.8, 4) is 0 Å². The van der Waals surface area contributed by atoms with Gasteiger partial charge in [0.25, 0.3) is 0 Å². The quantitative estimate of drug-likeness (QED) is 0.646. The molecule has 0 aliphatic carbocycles. The summed E-state index contributed by atoms with van der Waals surface area (Å²) in [6, 6.07) is 0. The summed E-state index contributed by atoms with van der Waals surface area (Å²) >= 11 is 0. The first-order chi connectivity index (χ1) is 6.57. The van der Waals surface area contributed by atoms with Gasteiger partial charge in [0.2, 0.25) is 0 Å². The molecule has 2 heteroatoms. The fraction of sp³-hybridized carbons (Fsp3) is 0.750. The van der Waals surface area contributed by atoms with Crippen molar-refractivity contribution in [3.63, 3.8) is 0 Å². The lowest BCUT2D eigenvalue weighted by Crippen LogP contribution is -2.26. The predicted molar refractivity (Wildman–Crippen MR) is 57.1 cm³/mol. The van der Waals surface area contributed by atoms with Gasteiger partial charge in [-0.05, 0) is 26.2 Å². The average molecular weight is 196 g/mol. The molecule has 0 radical (unpaired) electrons. The van der Waals surface area contributed by atoms with Crippen molar-refractivity contribution in [2.45, 2.75) is 45.8 Å². The van der Waals surface area contributed by atoms with Crippen LogP contribution in [0.4, 0.5) is 0 Å². The second kappa shape index (κ2) is 4.74. The number of hydrogen-bond donors (Lipinski definition) is 0. The molecular weight excluding hydrogens is 176 g/mol. The van der Waals surface area contributed by atoms with Gasteiger partial charge in [0.1, 0.15) is 5.78 Å². The molecule has 1 saturated heterocycles. The van der Waals surface area contributed by atoms with Gasteiger partial charge >= 0.3 is 0 Å². The maximum Gasteiger partial charge on any atom is 0.139 e. The van der Waals surface area contributed by atoms with Crippen molar-refractivity contribution < 1.29 is 9.53 Å². The number of ether oxygens (including phenoxy) is 1. The topological polar surface area (TPSA) is 26.3 Å². The third-order valence-corrected chi connectivity index (χ3v) is 3.21. The second-order valence-electron chi connectivity index (χ2n) is 4.22. The number of carbonyl (C=O) groups excluding carboxylic acids is 1. The molecule has 4 atom stereocenters. The van der Waals surface area contributed by atoms with Gasteiger partial charge in [0.05, 0.1) is 12.2 Å². The summed E-state index contributed by atoms with van der Waals surface area (Å²) in [5.41, 5.74) is 0. The van der Waals surface area contributed by atoms with E-state index < -0.39 is 0 Å². The smallest absolute Gasteiger partial charge is 0.139 e. The van der Waals surface area contributed by atoms with Gasteiger partial charge in [-0.25, -0.2) is 0 Å². The van der Waals surface area contributed by atoms with Crippen molar-refractivity contribution in [1.29, 1.82) is 0 Å². The molecule has 0 spiro atoms. The first-order valence-corrected chi connectivity index (χ1v) is 5.37. The fourth-order valence-corrected chi connectivity index (χ4v) is 2.23. The Morgan fingerprint density at radius 2 is 2.00 bits per heavy atom. The van der Waals surface area contributed by atoms with E-state index in [0.29, 0.717) is 18.1 Å². The molecule has 1 heterocycles. The molecule has 1 rings (SSSR count). The van der Waals surface area contributed by atoms with E-state index in [9.17, 15) is 4.79 Å². The maximum absolute atomic E-state index is 11.8. The molecule has 1 fully saturated rings. The third-order valence-electron chi connectivity index (χ3n) is 3.21. The van der Waals surface area contributed by atoms with Crippen LogP contribution in [0.3, 0.4) is 0 Å². The van der Waals surface area contributed by atoms with Crippen LogP contribution in [-0.4, -0.2) is 18.0 Å². The van der Waals surface area contributed by atoms with Crippen molar-refractivity contribution >= 4 is 5.78 Å². The normalized spacial score (nSPS) is 37.1. The van der Waals surface area contributed by atoms with Crippen LogP contribution in [0.15, 0.2) is 12.7 Å². The lowest BCUT2D eigenvalue weighted by Gasteiger charge is -2.16. The van der Waals surface area contributed by atoms with E-state index in [1.165, 1.54) is 0 Å². The van der Waals surface area contributed by atoms with Gasteiger partial charge in [-0.15, -0.1) is 6.58 Å². The average Bonchev–Trinajstić information content (AvgIpc) is 2.38. The predicted octanol–water partition coefficient (Wildman–Crippen LogP) is 2.58. The van der Waals surface area contributed by atoms with Crippen molar-refractivity contribution in [2.24, 2.45) is 11.8 Å². The van der Waals surface area contributed by atoms with Crippen LogP contribution in [0.25, 0.3) is 0 Å². The van der Waals surface area contributed by atoms with Gasteiger partial charge < -0.3 is 4.74 Å². The van der Waals surface area contributed by atoms with Gasteiger partial charge in [0, 0.05) is 12.3 Å². The number of hydrogen-bond acceptors (Lipinski definition) is 2. The van der Waals surface area contributed by atoms with E-state index >= 15 is 0 Å². The maximum atomic E-state index is 11.8. The molecule has 1 aliphatic heterocycles. The lowest BCUT2D eigenvalue weighted by molar-refractivity contribution is -0.124. The van der Waals surface area contributed by atoms with Crippen LogP contribution in [0.5, 0.6) is 0 Å². The summed E-state index contributed by atoms with van der Waals surface area (Å²) in [4.78, 5) is 11.8. The highest BCUT2D eigenvalue weighted by molar-refractivity contribution is 5.82. The monoisotopic (exact) mass is 196 g/mol. The molecule has 1 aliphatic rings. The first-order valence-electron chi connectivity index (χ1n) is 5.37. The van der Waals surface area contributed by atoms with E-state index in [1.807, 2.05) is 13.8 Å². The standard InChI is InChI=1S/C12H20O2/c1-5-6-7-11(13)12-8(2)9(3)14-10(12)4/h5,8-10,12H,1,6-7H2,2-4H3. The van der Waals surface area contributed by atoms with Crippen LogP contribution in [0.1, 0.15) is 33.6 Å². The number of carbonyl (C=O) groups is 1. The van der Waals surface area contributed by atoms with E-state index in [0.717, 1.165) is 6.42 Å². The van der Waals surface area contributed by atoms with E-state index in [4.69, 9.17) is 4.74 Å². The first kappa shape index (κ1) is 11.4. The Labute approximate surface area is 86.3 Å². The summed E-state index contributed by atoms with van der Waals surface area (Å²) in [5.74, 6) is 0.765. The van der Waals surface area contributed by atoms with E-state index in [-0.39, 0.29) is 18.1 Å². The molecule has 0 saturated carbocycles. The third kappa shape index (κ3) is 2.24. The van der Waals surface area contributed by atoms with Crippen LogP contribution in [-0.2, 0) is 9.53 Å². The Balaban J connectivity index is 2.57. The Morgan fingerprint density at radius 1 is 1.36 bits per heavy atom. The second-order valence-corrected chi connectivity index (χ2v) is 4.22. The Morgan fingerprint density at radius 3 is 2.43 bits per heavy atom. The Kier molecular flexibility index (Phi) is 3.87. The lowest BCUT2D eigenvalue weighted by atomic mass is 9.84. The van der Waals surface area contributed by atoms with Crippen LogP contribution in [0, 0.1) is 11.8 Å². The van der Waals surface area contributed by atoms with Gasteiger partial charge in [-0.2, -0.15) is 0 Å². The number of rotatable bonds is 4. The number of Topliss-reactive ketones (excluding diaryl/α,β-unsaturated/α-hetero) is 1. The SMILES string of the molecule is C=CCCC(=O)C1C(C)OC(C)C1C. The molecule has 14 heavy (non-hydrogen) atoms. The molecule has 2 nitrogen and oxygen atoms in total. The molecule has 0 aromatic rings. The van der Waals surface area contributed by atoms with Gasteiger partial charge in [0.15, 0.2) is 0 Å². The zero-order valence-electron chi connectivity index (χ0n) is 9.32. The number of ketones is 1. The molecule has 4 unspecified atom stereocenters. The van der Waals surface area contributed by atoms with Crippen LogP contribution >= 0.6 is 0 Å². The summed E-state index contributed by atoms with van der Waals surface area (Å²) in [5, 5.41) is 0. The number of allylic oxidation sites excluding steroid dienone is 1. The van der Waals surface area contributed by atoms with Gasteiger partial charge in [-0.3, -0.25) is 4.79 Å². The van der Waals surface area contributed by atoms with Crippen molar-refractivity contribution in [1.82, 2.24) is 0 Å². The zero-order chi connectivity index (χ0) is 10.7. The van der Waals surface area contributed by atoms with E-state index in [2.05, 4.69) is 13.5 Å². The summed E-state index contributed by atoms with van der Waals surface area (Å²) in [6.45, 7) is 9.77. The molecule has 0 bridgehead atoms. The molecule has 0 N–H and O–H groups in total. The molecule has 0 aromatic carbocycles. The zero-order valence-corrected chi connectivity index (χ0v) is 9.32. The Hall–Kier alpha value is -0.630. The summed E-state index contributed by atoms with van der Waals surface area (Å²) < 4.78 is 5.64. The highest BCUT2D eigenvalue weighted by atomic mass is 16.5. The summed E-state index contributed by atoms with van der Waals surface area (Å²) in [7, 11) is 0. The van der Waals surface area contributed by atoms with Crippen LogP contribution in [0.2, 0.25) is 0 Å². The molecule has 0 aromatic heterocycles. The van der Waals surface area contributed by atoms with Crippen molar-refractivity contribution in [3.05, 3.63) is 12.7 Å². The molecular formula is C12H20O2. The van der Waals surface area contributed by atoms with Gasteiger partial charge in [-0.1, -0.05) is 13.0 Å². The Bertz CT molecular complexity index is 222.